The number of carbonyl (C=O) groups excluding carboxylic acids is 1. The zero-order valence-electron chi connectivity index (χ0n) is 14.0. The first-order valence-corrected chi connectivity index (χ1v) is 9.38. The molecule has 2 N–H and O–H groups in total. The van der Waals surface area contributed by atoms with E-state index in [1.54, 1.807) is 12.1 Å². The lowest BCUT2D eigenvalue weighted by Gasteiger charge is -2.27. The summed E-state index contributed by atoms with van der Waals surface area (Å²) in [6.07, 6.45) is 5.38. The fourth-order valence-corrected chi connectivity index (χ4v) is 4.02. The molecule has 3 rings (SSSR count). The number of ether oxygens (including phenoxy) is 1. The van der Waals surface area contributed by atoms with Crippen molar-refractivity contribution in [1.29, 1.82) is 0 Å². The summed E-state index contributed by atoms with van der Waals surface area (Å²) in [5.74, 6) is 0.359. The van der Waals surface area contributed by atoms with Crippen molar-refractivity contribution in [3.8, 4) is 10.8 Å². The normalized spacial score (nSPS) is 15.1. The molecule has 24 heavy (non-hydrogen) atoms. The van der Waals surface area contributed by atoms with Crippen LogP contribution < -0.4 is 10.5 Å². The number of primary amides is 1. The molecule has 1 saturated carbocycles. The molecule has 0 bridgehead atoms. The second-order valence-corrected chi connectivity index (χ2v) is 7.28. The molecule has 4 nitrogen and oxygen atoms in total. The van der Waals surface area contributed by atoms with Gasteiger partial charge < -0.3 is 10.5 Å². The highest BCUT2D eigenvalue weighted by atomic mass is 32.1. The van der Waals surface area contributed by atoms with Gasteiger partial charge in [0.2, 0.25) is 0 Å². The van der Waals surface area contributed by atoms with Gasteiger partial charge in [-0.3, -0.25) is 9.69 Å². The fraction of sp³-hybridized carbons (Fsp3) is 0.421. The number of benzene rings is 1. The summed E-state index contributed by atoms with van der Waals surface area (Å²) >= 11 is 1.27. The molecule has 1 aromatic heterocycles. The van der Waals surface area contributed by atoms with Crippen molar-refractivity contribution in [3.05, 3.63) is 46.8 Å². The number of thiophene rings is 1. The van der Waals surface area contributed by atoms with Gasteiger partial charge in [-0.25, -0.2) is 0 Å². The first kappa shape index (κ1) is 17.0. The minimum absolute atomic E-state index is 0.420. The second kappa shape index (κ2) is 7.81. The van der Waals surface area contributed by atoms with Crippen molar-refractivity contribution in [2.24, 2.45) is 5.73 Å². The van der Waals surface area contributed by atoms with E-state index in [1.807, 2.05) is 12.1 Å². The van der Waals surface area contributed by atoms with Crippen LogP contribution in [0.4, 0.5) is 0 Å². The standard InChI is InChI=1S/C19H24N2O2S/c1-2-21(15-5-3-4-6-15)13-14-7-9-16(10-8-14)23-18-12-11-17(24-18)19(20)22/h7-12,15H,2-6,13H2,1H3,(H2,20,22). The smallest absolute Gasteiger partial charge is 0.258 e. The van der Waals surface area contributed by atoms with E-state index in [0.717, 1.165) is 24.9 Å². The topological polar surface area (TPSA) is 55.6 Å². The summed E-state index contributed by atoms with van der Waals surface area (Å²) in [5.41, 5.74) is 6.57. The van der Waals surface area contributed by atoms with Crippen LogP contribution in [0.3, 0.4) is 0 Å². The fourth-order valence-electron chi connectivity index (χ4n) is 3.29. The third-order valence-electron chi connectivity index (χ3n) is 4.60. The van der Waals surface area contributed by atoms with Crippen LogP contribution in [0.5, 0.6) is 10.8 Å². The van der Waals surface area contributed by atoms with Crippen molar-refractivity contribution < 1.29 is 9.53 Å². The maximum Gasteiger partial charge on any atom is 0.258 e. The predicted molar refractivity (Wildman–Crippen MR) is 97.7 cm³/mol. The monoisotopic (exact) mass is 344 g/mol. The molecular formula is C19H24N2O2S. The van der Waals surface area contributed by atoms with E-state index in [2.05, 4.69) is 24.0 Å². The molecule has 2 aromatic rings. The van der Waals surface area contributed by atoms with Crippen molar-refractivity contribution >= 4 is 17.2 Å². The highest BCUT2D eigenvalue weighted by Gasteiger charge is 2.21. The number of nitrogens with zero attached hydrogens (tertiary/aromatic N) is 1. The van der Waals surface area contributed by atoms with E-state index in [9.17, 15) is 4.79 Å². The Kier molecular flexibility index (Phi) is 5.53. The van der Waals surface area contributed by atoms with E-state index >= 15 is 0 Å². The van der Waals surface area contributed by atoms with Crippen LogP contribution in [-0.2, 0) is 6.54 Å². The Bertz CT molecular complexity index is 675. The van der Waals surface area contributed by atoms with Crippen LogP contribution in [0.2, 0.25) is 0 Å². The Labute approximate surface area is 147 Å². The average molecular weight is 344 g/mol. The molecule has 1 fully saturated rings. The van der Waals surface area contributed by atoms with Gasteiger partial charge in [0.1, 0.15) is 5.75 Å². The maximum absolute atomic E-state index is 11.1. The summed E-state index contributed by atoms with van der Waals surface area (Å²) < 4.78 is 5.79. The third kappa shape index (κ3) is 4.16. The zero-order valence-corrected chi connectivity index (χ0v) is 14.8. The van der Waals surface area contributed by atoms with Crippen molar-refractivity contribution in [2.75, 3.05) is 6.54 Å². The molecule has 0 spiro atoms. The molecule has 1 amide bonds. The Morgan fingerprint density at radius 2 is 1.92 bits per heavy atom. The van der Waals surface area contributed by atoms with Crippen LogP contribution in [0.1, 0.15) is 47.8 Å². The quantitative estimate of drug-likeness (QED) is 0.810. The predicted octanol–water partition coefficient (Wildman–Crippen LogP) is 4.40. The largest absolute Gasteiger partial charge is 0.447 e. The molecule has 128 valence electrons. The molecule has 0 saturated heterocycles. The van der Waals surface area contributed by atoms with Gasteiger partial charge in [-0.15, -0.1) is 0 Å². The minimum Gasteiger partial charge on any atom is -0.447 e. The van der Waals surface area contributed by atoms with Gasteiger partial charge in [0.05, 0.1) is 4.88 Å². The molecule has 0 atom stereocenters. The van der Waals surface area contributed by atoms with Gasteiger partial charge in [0.15, 0.2) is 5.06 Å². The highest BCUT2D eigenvalue weighted by molar-refractivity contribution is 7.15. The first-order chi connectivity index (χ1) is 11.7. The van der Waals surface area contributed by atoms with E-state index < -0.39 is 5.91 Å². The van der Waals surface area contributed by atoms with Gasteiger partial charge >= 0.3 is 0 Å². The maximum atomic E-state index is 11.1. The number of hydrogen-bond donors (Lipinski definition) is 1. The van der Waals surface area contributed by atoms with Crippen molar-refractivity contribution in [3.63, 3.8) is 0 Å². The summed E-state index contributed by atoms with van der Waals surface area (Å²) in [6.45, 7) is 4.32. The number of carbonyl (C=O) groups is 1. The number of amides is 1. The van der Waals surface area contributed by atoms with Crippen LogP contribution in [0.25, 0.3) is 0 Å². The molecule has 0 aliphatic heterocycles. The number of nitrogens with two attached hydrogens (primary N) is 1. The van der Waals surface area contributed by atoms with E-state index in [1.165, 1.54) is 42.6 Å². The van der Waals surface area contributed by atoms with Gasteiger partial charge in [-0.1, -0.05) is 43.2 Å². The van der Waals surface area contributed by atoms with Crippen LogP contribution in [0.15, 0.2) is 36.4 Å². The first-order valence-electron chi connectivity index (χ1n) is 8.56. The Hall–Kier alpha value is -1.85. The van der Waals surface area contributed by atoms with Gasteiger partial charge in [-0.2, -0.15) is 0 Å². The Morgan fingerprint density at radius 3 is 2.50 bits per heavy atom. The lowest BCUT2D eigenvalue weighted by atomic mass is 10.1. The second-order valence-electron chi connectivity index (χ2n) is 6.23. The van der Waals surface area contributed by atoms with Gasteiger partial charge in [-0.05, 0) is 49.2 Å². The zero-order chi connectivity index (χ0) is 16.9. The average Bonchev–Trinajstić information content (AvgIpc) is 3.26. The van der Waals surface area contributed by atoms with E-state index in [0.29, 0.717) is 9.94 Å². The van der Waals surface area contributed by atoms with Crippen molar-refractivity contribution in [2.45, 2.75) is 45.2 Å². The highest BCUT2D eigenvalue weighted by Crippen LogP contribution is 2.30. The summed E-state index contributed by atoms with van der Waals surface area (Å²) in [6, 6.07) is 12.4. The molecule has 1 heterocycles. The van der Waals surface area contributed by atoms with Gasteiger partial charge in [0, 0.05) is 12.6 Å². The van der Waals surface area contributed by atoms with Gasteiger partial charge in [0.25, 0.3) is 5.91 Å². The molecule has 1 aliphatic rings. The molecular weight excluding hydrogens is 320 g/mol. The summed E-state index contributed by atoms with van der Waals surface area (Å²) in [7, 11) is 0. The SMILES string of the molecule is CCN(Cc1ccc(Oc2ccc(C(N)=O)s2)cc1)C1CCCC1. The minimum atomic E-state index is -0.420. The molecule has 1 aliphatic carbocycles. The molecule has 1 aromatic carbocycles. The Balaban J connectivity index is 1.60. The lowest BCUT2D eigenvalue weighted by Crippen LogP contribution is -2.32. The van der Waals surface area contributed by atoms with E-state index in [-0.39, 0.29) is 0 Å². The molecule has 0 radical (unpaired) electrons. The van der Waals surface area contributed by atoms with Crippen LogP contribution >= 0.6 is 11.3 Å². The Morgan fingerprint density at radius 1 is 1.21 bits per heavy atom. The molecule has 5 heteroatoms. The van der Waals surface area contributed by atoms with Crippen LogP contribution in [-0.4, -0.2) is 23.4 Å². The third-order valence-corrected chi connectivity index (χ3v) is 5.58. The van der Waals surface area contributed by atoms with Crippen molar-refractivity contribution in [1.82, 2.24) is 4.90 Å². The number of hydrogen-bond acceptors (Lipinski definition) is 4. The summed E-state index contributed by atoms with van der Waals surface area (Å²) in [4.78, 5) is 14.2. The molecule has 0 unspecified atom stereocenters. The number of rotatable bonds is 7. The van der Waals surface area contributed by atoms with E-state index in [4.69, 9.17) is 10.5 Å². The summed E-state index contributed by atoms with van der Waals surface area (Å²) in [5, 5.41) is 0.678. The van der Waals surface area contributed by atoms with Crippen LogP contribution in [0, 0.1) is 0 Å². The lowest BCUT2D eigenvalue weighted by molar-refractivity contribution is 0.100.